The van der Waals surface area contributed by atoms with E-state index in [1.165, 1.54) is 25.9 Å². The number of carbonyl (C=O) groups excluding carboxylic acids is 1. The Kier molecular flexibility index (Phi) is 5.93. The van der Waals surface area contributed by atoms with Crippen molar-refractivity contribution in [2.24, 2.45) is 21.8 Å². The topological polar surface area (TPSA) is 66.7 Å². The van der Waals surface area contributed by atoms with Gasteiger partial charge in [0.2, 0.25) is 5.91 Å². The molecule has 166 valence electrons. The van der Waals surface area contributed by atoms with Gasteiger partial charge in [0.05, 0.1) is 36.7 Å². The molecule has 0 aliphatic carbocycles. The number of thioether (sulfide) groups is 1. The first-order valence-electron chi connectivity index (χ1n) is 11.3. The summed E-state index contributed by atoms with van der Waals surface area (Å²) >= 11 is 1.70. The minimum atomic E-state index is -0.360. The van der Waals surface area contributed by atoms with Crippen molar-refractivity contribution in [2.75, 3.05) is 39.1 Å². The van der Waals surface area contributed by atoms with Gasteiger partial charge in [0.15, 0.2) is 17.7 Å². The highest BCUT2D eigenvalue weighted by atomic mass is 32.2. The molecule has 2 atom stereocenters. The molecule has 1 amide bonds. The highest BCUT2D eigenvalue weighted by Gasteiger charge is 2.42. The van der Waals surface area contributed by atoms with E-state index < -0.39 is 0 Å². The molecule has 0 saturated carbocycles. The van der Waals surface area contributed by atoms with Gasteiger partial charge < -0.3 is 14.4 Å². The number of aliphatic imine (C=N–C) groups is 2. The lowest BCUT2D eigenvalue weighted by Gasteiger charge is -2.35. The number of ether oxygens (including phenoxy) is 2. The van der Waals surface area contributed by atoms with Crippen LogP contribution in [-0.4, -0.2) is 66.2 Å². The maximum Gasteiger partial charge on any atom is 0.239 e. The Balaban J connectivity index is 1.28. The van der Waals surface area contributed by atoms with Crippen LogP contribution in [0.1, 0.15) is 44.3 Å². The van der Waals surface area contributed by atoms with Crippen molar-refractivity contribution in [3.63, 3.8) is 0 Å². The van der Waals surface area contributed by atoms with Crippen LogP contribution in [0.5, 0.6) is 11.5 Å². The Bertz CT molecular complexity index is 910. The molecule has 1 aromatic rings. The number of methoxy groups -OCH3 is 1. The predicted molar refractivity (Wildman–Crippen MR) is 124 cm³/mol. The first-order chi connectivity index (χ1) is 15.1. The predicted octanol–water partition coefficient (Wildman–Crippen LogP) is 3.86. The highest BCUT2D eigenvalue weighted by molar-refractivity contribution is 8.14. The van der Waals surface area contributed by atoms with Crippen molar-refractivity contribution in [3.8, 4) is 11.5 Å². The summed E-state index contributed by atoms with van der Waals surface area (Å²) in [5.74, 6) is 3.17. The normalized spacial score (nSPS) is 25.7. The number of rotatable bonds is 6. The van der Waals surface area contributed by atoms with Gasteiger partial charge in [-0.15, -0.1) is 11.8 Å². The second kappa shape index (κ2) is 8.82. The minimum Gasteiger partial charge on any atom is -0.493 e. The largest absolute Gasteiger partial charge is 0.493 e. The molecule has 0 radical (unpaired) electrons. The third-order valence-electron chi connectivity index (χ3n) is 6.68. The van der Waals surface area contributed by atoms with Crippen molar-refractivity contribution in [3.05, 3.63) is 17.7 Å². The average molecular weight is 443 g/mol. The van der Waals surface area contributed by atoms with Gasteiger partial charge in [0.25, 0.3) is 0 Å². The van der Waals surface area contributed by atoms with Crippen LogP contribution in [0.2, 0.25) is 0 Å². The molecule has 0 N–H and O–H groups in total. The summed E-state index contributed by atoms with van der Waals surface area (Å²) in [6, 6.07) is 3.85. The summed E-state index contributed by atoms with van der Waals surface area (Å²) < 4.78 is 11.7. The van der Waals surface area contributed by atoms with Crippen LogP contribution in [0.3, 0.4) is 0 Å². The van der Waals surface area contributed by atoms with Crippen molar-refractivity contribution < 1.29 is 14.3 Å². The van der Waals surface area contributed by atoms with E-state index in [2.05, 4.69) is 16.8 Å². The van der Waals surface area contributed by atoms with E-state index in [0.717, 1.165) is 47.4 Å². The number of likely N-dealkylation sites (tertiary alicyclic amines) is 1. The van der Waals surface area contributed by atoms with Gasteiger partial charge in [-0.25, -0.2) is 4.99 Å². The Morgan fingerprint density at radius 1 is 1.19 bits per heavy atom. The molecule has 4 aliphatic rings. The van der Waals surface area contributed by atoms with Crippen LogP contribution >= 0.6 is 11.8 Å². The second-order valence-corrected chi connectivity index (χ2v) is 9.92. The average Bonchev–Trinajstić information content (AvgIpc) is 3.26. The molecule has 4 aliphatic heterocycles. The molecule has 7 nitrogen and oxygen atoms in total. The summed E-state index contributed by atoms with van der Waals surface area (Å²) in [6.07, 6.45) is 5.70. The van der Waals surface area contributed by atoms with Gasteiger partial charge in [-0.05, 0) is 50.8 Å². The molecular formula is C23H30N4O3S. The molecule has 2 unspecified atom stereocenters. The number of piperidine rings is 1. The highest BCUT2D eigenvalue weighted by Crippen LogP contribution is 2.45. The lowest BCUT2D eigenvalue weighted by atomic mass is 9.99. The quantitative estimate of drug-likeness (QED) is 0.626. The Morgan fingerprint density at radius 2 is 2.03 bits per heavy atom. The fourth-order valence-electron chi connectivity index (χ4n) is 4.72. The van der Waals surface area contributed by atoms with Crippen LogP contribution in [0.25, 0.3) is 0 Å². The molecule has 31 heavy (non-hydrogen) atoms. The minimum absolute atomic E-state index is 0.0955. The number of hydrogen-bond donors (Lipinski definition) is 0. The van der Waals surface area contributed by atoms with Crippen LogP contribution in [-0.2, 0) is 4.79 Å². The van der Waals surface area contributed by atoms with E-state index in [1.54, 1.807) is 30.1 Å². The Hall–Kier alpha value is -2.06. The third-order valence-corrected chi connectivity index (χ3v) is 7.81. The Morgan fingerprint density at radius 3 is 2.84 bits per heavy atom. The number of amides is 1. The smallest absolute Gasteiger partial charge is 0.239 e. The van der Waals surface area contributed by atoms with Crippen LogP contribution in [0, 0.1) is 11.8 Å². The summed E-state index contributed by atoms with van der Waals surface area (Å²) in [4.78, 5) is 26.5. The standard InChI is InChI=1S/C23H30N4O3S/c1-15-4-8-26(9-5-15)7-3-10-30-20-13-18-17(12-19(20)29-2)21-25-22-16(6-11-31-22)23(28)27(21)14-24-18/h12-16,21H,3-11H2,1-2H3. The van der Waals surface area contributed by atoms with E-state index in [4.69, 9.17) is 14.5 Å². The molecule has 1 aromatic carbocycles. The second-order valence-electron chi connectivity index (χ2n) is 8.81. The lowest BCUT2D eigenvalue weighted by molar-refractivity contribution is -0.131. The molecule has 2 saturated heterocycles. The third kappa shape index (κ3) is 4.07. The number of hydrogen-bond acceptors (Lipinski definition) is 7. The summed E-state index contributed by atoms with van der Waals surface area (Å²) in [5.41, 5.74) is 1.68. The van der Waals surface area contributed by atoms with Gasteiger partial charge in [0.1, 0.15) is 0 Å². The molecule has 8 heteroatoms. The lowest BCUT2D eigenvalue weighted by Crippen LogP contribution is -2.43. The van der Waals surface area contributed by atoms with Gasteiger partial charge in [0, 0.05) is 23.9 Å². The number of carbonyl (C=O) groups is 1. The zero-order valence-corrected chi connectivity index (χ0v) is 19.1. The molecule has 2 fully saturated rings. The monoisotopic (exact) mass is 442 g/mol. The zero-order valence-electron chi connectivity index (χ0n) is 18.2. The number of fused-ring (bicyclic) bond motifs is 4. The van der Waals surface area contributed by atoms with Crippen LogP contribution < -0.4 is 9.47 Å². The molecular weight excluding hydrogens is 412 g/mol. The van der Waals surface area contributed by atoms with Crippen LogP contribution in [0.4, 0.5) is 5.69 Å². The number of nitrogens with zero attached hydrogens (tertiary/aromatic N) is 4. The first-order valence-corrected chi connectivity index (χ1v) is 12.3. The van der Waals surface area contributed by atoms with Crippen molar-refractivity contribution in [2.45, 2.75) is 38.8 Å². The number of benzene rings is 1. The Labute approximate surface area is 187 Å². The van der Waals surface area contributed by atoms with Crippen molar-refractivity contribution in [1.29, 1.82) is 0 Å². The molecule has 5 rings (SSSR count). The van der Waals surface area contributed by atoms with E-state index in [0.29, 0.717) is 18.1 Å². The fourth-order valence-corrected chi connectivity index (χ4v) is 5.88. The summed E-state index contributed by atoms with van der Waals surface area (Å²) in [7, 11) is 1.65. The first kappa shape index (κ1) is 20.8. The molecule has 0 bridgehead atoms. The molecule has 0 aromatic heterocycles. The SMILES string of the molecule is COc1cc2c(cc1OCCCN1CCC(C)CC1)N=CN1C(=O)C3CCSC3=NC21. The maximum absolute atomic E-state index is 12.9. The summed E-state index contributed by atoms with van der Waals surface area (Å²) in [6.45, 7) is 6.42. The van der Waals surface area contributed by atoms with E-state index in [-0.39, 0.29) is 18.0 Å². The van der Waals surface area contributed by atoms with Gasteiger partial charge in [-0.2, -0.15) is 0 Å². The van der Waals surface area contributed by atoms with E-state index in [1.807, 2.05) is 12.1 Å². The molecule has 4 heterocycles. The van der Waals surface area contributed by atoms with Gasteiger partial charge >= 0.3 is 0 Å². The zero-order chi connectivity index (χ0) is 21.4. The van der Waals surface area contributed by atoms with Crippen molar-refractivity contribution >= 4 is 34.7 Å². The maximum atomic E-state index is 12.9. The fraction of sp³-hybridized carbons (Fsp3) is 0.609. The van der Waals surface area contributed by atoms with Gasteiger partial charge in [-0.1, -0.05) is 6.92 Å². The van der Waals surface area contributed by atoms with Crippen LogP contribution in [0.15, 0.2) is 22.1 Å². The molecule has 0 spiro atoms. The van der Waals surface area contributed by atoms with E-state index in [9.17, 15) is 4.79 Å². The summed E-state index contributed by atoms with van der Waals surface area (Å²) in [5, 5.41) is 0.957. The van der Waals surface area contributed by atoms with E-state index >= 15 is 0 Å². The van der Waals surface area contributed by atoms with Gasteiger partial charge in [-0.3, -0.25) is 14.7 Å². The van der Waals surface area contributed by atoms with Crippen molar-refractivity contribution in [1.82, 2.24) is 9.80 Å².